The van der Waals surface area contributed by atoms with Gasteiger partial charge in [0, 0.05) is 5.56 Å². The fraction of sp³-hybridized carbons (Fsp3) is 0.125. The van der Waals surface area contributed by atoms with Crippen LogP contribution in [-0.2, 0) is 6.61 Å². The number of ether oxygens (including phenoxy) is 2. The first kappa shape index (κ1) is 22.5. The molecular weight excluding hydrogens is 493 g/mol. The van der Waals surface area contributed by atoms with Crippen molar-refractivity contribution in [1.82, 2.24) is 9.66 Å². The van der Waals surface area contributed by atoms with E-state index >= 15 is 0 Å². The van der Waals surface area contributed by atoms with Crippen molar-refractivity contribution in [3.8, 4) is 11.5 Å². The van der Waals surface area contributed by atoms with E-state index in [2.05, 4.69) is 26.0 Å². The van der Waals surface area contributed by atoms with Crippen LogP contribution >= 0.6 is 15.9 Å². The molecule has 9 heteroatoms. The van der Waals surface area contributed by atoms with Gasteiger partial charge in [0.05, 0.1) is 28.2 Å². The summed E-state index contributed by atoms with van der Waals surface area (Å²) in [5, 5.41) is 4.42. The summed E-state index contributed by atoms with van der Waals surface area (Å²) in [6, 6.07) is 16.4. The molecule has 1 heterocycles. The Labute approximate surface area is 196 Å². The summed E-state index contributed by atoms with van der Waals surface area (Å²) in [6.07, 6.45) is 1.37. The largest absolute Gasteiger partial charge is 0.490 e. The van der Waals surface area contributed by atoms with Crippen LogP contribution < -0.4 is 20.7 Å². The van der Waals surface area contributed by atoms with Crippen LogP contribution in [0.2, 0.25) is 0 Å². The molecule has 0 aliphatic carbocycles. The molecule has 1 aromatic heterocycles. The zero-order valence-corrected chi connectivity index (χ0v) is 19.1. The molecule has 0 aliphatic heterocycles. The molecule has 0 spiro atoms. The summed E-state index contributed by atoms with van der Waals surface area (Å²) >= 11 is 3.45. The second kappa shape index (κ2) is 9.83. The highest BCUT2D eigenvalue weighted by atomic mass is 79.9. The Balaban J connectivity index is 1.66. The Hall–Kier alpha value is -3.72. The summed E-state index contributed by atoms with van der Waals surface area (Å²) < 4.78 is 26.8. The van der Waals surface area contributed by atoms with Gasteiger partial charge in [-0.3, -0.25) is 4.79 Å². The van der Waals surface area contributed by atoms with Gasteiger partial charge in [0.1, 0.15) is 12.4 Å². The first-order valence-electron chi connectivity index (χ1n) is 10.1. The zero-order valence-electron chi connectivity index (χ0n) is 17.5. The first-order valence-corrected chi connectivity index (χ1v) is 10.9. The highest BCUT2D eigenvalue weighted by Crippen LogP contribution is 2.37. The number of hydrogen-bond acceptors (Lipinski definition) is 5. The van der Waals surface area contributed by atoms with Crippen LogP contribution in [0.5, 0.6) is 11.5 Å². The monoisotopic (exact) mass is 511 g/mol. The molecule has 0 saturated heterocycles. The lowest BCUT2D eigenvalue weighted by atomic mass is 10.2. The van der Waals surface area contributed by atoms with Crippen LogP contribution in [0.3, 0.4) is 0 Å². The highest BCUT2D eigenvalue weighted by Gasteiger charge is 2.14. The molecule has 33 heavy (non-hydrogen) atoms. The predicted octanol–water partition coefficient (Wildman–Crippen LogP) is 4.45. The van der Waals surface area contributed by atoms with Gasteiger partial charge in [0.25, 0.3) is 5.56 Å². The van der Waals surface area contributed by atoms with Crippen LogP contribution in [-0.4, -0.2) is 22.5 Å². The normalized spacial score (nSPS) is 11.2. The maximum Gasteiger partial charge on any atom is 0.349 e. The number of halogens is 2. The maximum absolute atomic E-state index is 13.9. The van der Waals surface area contributed by atoms with Crippen molar-refractivity contribution in [1.29, 1.82) is 0 Å². The van der Waals surface area contributed by atoms with Crippen LogP contribution in [0.15, 0.2) is 79.8 Å². The van der Waals surface area contributed by atoms with Gasteiger partial charge in [-0.15, -0.1) is 4.68 Å². The lowest BCUT2D eigenvalue weighted by molar-refractivity contribution is 0.264. The van der Waals surface area contributed by atoms with E-state index in [1.54, 1.807) is 54.6 Å². The molecule has 0 saturated carbocycles. The van der Waals surface area contributed by atoms with E-state index in [1.165, 1.54) is 12.3 Å². The molecule has 0 amide bonds. The molecule has 0 atom stereocenters. The van der Waals surface area contributed by atoms with E-state index in [9.17, 15) is 14.0 Å². The quantitative estimate of drug-likeness (QED) is 0.371. The fourth-order valence-corrected chi connectivity index (χ4v) is 3.79. The highest BCUT2D eigenvalue weighted by molar-refractivity contribution is 9.10. The van der Waals surface area contributed by atoms with Gasteiger partial charge >= 0.3 is 5.69 Å². The number of aromatic nitrogens is 2. The number of H-pyrrole nitrogens is 1. The second-order valence-electron chi connectivity index (χ2n) is 6.98. The average molecular weight is 512 g/mol. The predicted molar refractivity (Wildman–Crippen MR) is 128 cm³/mol. The molecule has 4 aromatic rings. The summed E-state index contributed by atoms with van der Waals surface area (Å²) in [6.45, 7) is 2.21. The van der Waals surface area contributed by atoms with Crippen molar-refractivity contribution in [2.75, 3.05) is 6.61 Å². The van der Waals surface area contributed by atoms with E-state index < -0.39 is 11.2 Å². The fourth-order valence-electron chi connectivity index (χ4n) is 3.21. The minimum absolute atomic E-state index is 0.0145. The lowest BCUT2D eigenvalue weighted by Gasteiger charge is -2.15. The molecule has 0 fully saturated rings. The number of nitrogens with zero attached hydrogens (tertiary/aromatic N) is 2. The number of aromatic amines is 1. The lowest BCUT2D eigenvalue weighted by Crippen LogP contribution is -2.32. The van der Waals surface area contributed by atoms with Crippen LogP contribution in [0.1, 0.15) is 18.1 Å². The van der Waals surface area contributed by atoms with Crippen molar-refractivity contribution >= 4 is 33.0 Å². The molecule has 4 rings (SSSR count). The van der Waals surface area contributed by atoms with Gasteiger partial charge in [0.2, 0.25) is 0 Å². The number of nitrogens with one attached hydrogen (secondary N) is 1. The van der Waals surface area contributed by atoms with Crippen molar-refractivity contribution in [3.63, 3.8) is 0 Å². The van der Waals surface area contributed by atoms with Crippen LogP contribution in [0.25, 0.3) is 10.9 Å². The number of benzene rings is 3. The number of rotatable bonds is 7. The molecule has 3 aromatic carbocycles. The first-order chi connectivity index (χ1) is 16.0. The van der Waals surface area contributed by atoms with Crippen LogP contribution in [0, 0.1) is 5.82 Å². The van der Waals surface area contributed by atoms with Crippen molar-refractivity contribution in [2.24, 2.45) is 5.10 Å². The molecule has 168 valence electrons. The number of hydrogen-bond donors (Lipinski definition) is 1. The smallest absolute Gasteiger partial charge is 0.349 e. The van der Waals surface area contributed by atoms with Gasteiger partial charge in [-0.1, -0.05) is 30.3 Å². The third-order valence-electron chi connectivity index (χ3n) is 4.77. The Morgan fingerprint density at radius 3 is 2.64 bits per heavy atom. The SMILES string of the molecule is CCOc1cc(C=Nn2c(=O)[nH]c3ccccc3c2=O)cc(Br)c1OCc1ccccc1F. The molecule has 0 unspecified atom stereocenters. The molecule has 1 N–H and O–H groups in total. The minimum atomic E-state index is -0.649. The Morgan fingerprint density at radius 2 is 1.85 bits per heavy atom. The Bertz CT molecular complexity index is 1460. The van der Waals surface area contributed by atoms with Crippen molar-refractivity contribution in [2.45, 2.75) is 13.5 Å². The molecule has 0 radical (unpaired) electrons. The van der Waals surface area contributed by atoms with Crippen molar-refractivity contribution in [3.05, 3.63) is 103 Å². The minimum Gasteiger partial charge on any atom is -0.490 e. The Kier molecular flexibility index (Phi) is 6.69. The van der Waals surface area contributed by atoms with Crippen LogP contribution in [0.4, 0.5) is 4.39 Å². The number of para-hydroxylation sites is 1. The third-order valence-corrected chi connectivity index (χ3v) is 5.36. The van der Waals surface area contributed by atoms with E-state index in [1.807, 2.05) is 6.92 Å². The van der Waals surface area contributed by atoms with E-state index in [0.717, 1.165) is 4.68 Å². The molecule has 0 bridgehead atoms. The second-order valence-corrected chi connectivity index (χ2v) is 7.83. The van der Waals surface area contributed by atoms with Gasteiger partial charge in [0.15, 0.2) is 11.5 Å². The molecule has 0 aliphatic rings. The summed E-state index contributed by atoms with van der Waals surface area (Å²) in [4.78, 5) is 27.6. The maximum atomic E-state index is 13.9. The number of fused-ring (bicyclic) bond motifs is 1. The summed E-state index contributed by atoms with van der Waals surface area (Å²) in [5.74, 6) is 0.448. The summed E-state index contributed by atoms with van der Waals surface area (Å²) in [5.41, 5.74) is 0.232. The van der Waals surface area contributed by atoms with Gasteiger partial charge in [-0.25, -0.2) is 9.18 Å². The van der Waals surface area contributed by atoms with E-state index in [-0.39, 0.29) is 12.4 Å². The standard InChI is InChI=1S/C24H19BrFN3O4/c1-2-32-21-12-15(11-18(25)22(21)33-14-16-7-3-5-9-19(16)26)13-27-29-23(30)17-8-4-6-10-20(17)28-24(29)31/h3-13H,2,14H2,1H3,(H,28,31). The van der Waals surface area contributed by atoms with Crippen molar-refractivity contribution < 1.29 is 13.9 Å². The molecular formula is C24H19BrFN3O4. The molecule has 7 nitrogen and oxygen atoms in total. The third kappa shape index (κ3) is 4.88. The van der Waals surface area contributed by atoms with E-state index in [4.69, 9.17) is 9.47 Å². The van der Waals surface area contributed by atoms with Gasteiger partial charge in [-0.2, -0.15) is 5.10 Å². The Morgan fingerprint density at radius 1 is 1.09 bits per heavy atom. The van der Waals surface area contributed by atoms with Gasteiger partial charge < -0.3 is 14.5 Å². The zero-order chi connectivity index (χ0) is 23.4. The van der Waals surface area contributed by atoms with E-state index in [0.29, 0.717) is 44.6 Å². The van der Waals surface area contributed by atoms with Gasteiger partial charge in [-0.05, 0) is 58.7 Å². The average Bonchev–Trinajstić information content (AvgIpc) is 2.79. The topological polar surface area (TPSA) is 85.7 Å². The summed E-state index contributed by atoms with van der Waals surface area (Å²) in [7, 11) is 0.